The molecule has 1 unspecified atom stereocenters. The Morgan fingerprint density at radius 1 is 1.29 bits per heavy atom. The molecule has 5 heteroatoms. The second kappa shape index (κ2) is 4.95. The van der Waals surface area contributed by atoms with Gasteiger partial charge in [0.25, 0.3) is 0 Å². The minimum Gasteiger partial charge on any atom is -0.399 e. The van der Waals surface area contributed by atoms with Gasteiger partial charge in [0.2, 0.25) is 0 Å². The zero-order valence-corrected chi connectivity index (χ0v) is 10.2. The molecule has 2 aromatic rings. The molecule has 0 aliphatic carbocycles. The summed E-state index contributed by atoms with van der Waals surface area (Å²) in [5.41, 5.74) is 7.40. The van der Waals surface area contributed by atoms with E-state index >= 15 is 0 Å². The largest absolute Gasteiger partial charge is 0.399 e. The van der Waals surface area contributed by atoms with Crippen molar-refractivity contribution in [3.8, 4) is 11.4 Å². The van der Waals surface area contributed by atoms with Gasteiger partial charge in [0.1, 0.15) is 0 Å². The van der Waals surface area contributed by atoms with E-state index < -0.39 is 0 Å². The molecule has 1 heterocycles. The second-order valence-electron chi connectivity index (χ2n) is 4.32. The Bertz CT molecular complexity index is 474. The quantitative estimate of drug-likeness (QED) is 0.817. The van der Waals surface area contributed by atoms with Crippen molar-refractivity contribution in [1.29, 1.82) is 0 Å². The van der Waals surface area contributed by atoms with Gasteiger partial charge in [0.05, 0.1) is 0 Å². The number of aromatic nitrogens is 4. The summed E-state index contributed by atoms with van der Waals surface area (Å²) in [4.78, 5) is 0. The second-order valence-corrected chi connectivity index (χ2v) is 4.32. The van der Waals surface area contributed by atoms with Gasteiger partial charge in [0, 0.05) is 17.8 Å². The lowest BCUT2D eigenvalue weighted by atomic mass is 10.1. The monoisotopic (exact) mass is 231 g/mol. The fourth-order valence-electron chi connectivity index (χ4n) is 1.59. The fraction of sp³-hybridized carbons (Fsp3) is 0.417. The lowest BCUT2D eigenvalue weighted by molar-refractivity contribution is 0.434. The van der Waals surface area contributed by atoms with E-state index in [9.17, 15) is 0 Å². The number of tetrazole rings is 1. The Balaban J connectivity index is 2.27. The molecule has 90 valence electrons. The first kappa shape index (κ1) is 11.6. The highest BCUT2D eigenvalue weighted by Crippen LogP contribution is 2.18. The van der Waals surface area contributed by atoms with Crippen LogP contribution in [0.3, 0.4) is 0 Å². The SMILES string of the molecule is CCC(C)Cn1nnnc1-c1ccc(N)cc1. The molecule has 0 aliphatic rings. The van der Waals surface area contributed by atoms with E-state index in [4.69, 9.17) is 5.73 Å². The third-order valence-electron chi connectivity index (χ3n) is 2.88. The number of hydrogen-bond donors (Lipinski definition) is 1. The molecule has 0 aliphatic heterocycles. The standard InChI is InChI=1S/C12H17N5/c1-3-9(2)8-17-12(14-15-16-17)10-4-6-11(13)7-5-10/h4-7,9H,3,8,13H2,1-2H3. The van der Waals surface area contributed by atoms with Gasteiger partial charge in [-0.05, 0) is 40.6 Å². The number of hydrogen-bond acceptors (Lipinski definition) is 4. The number of anilines is 1. The maximum absolute atomic E-state index is 5.66. The molecule has 2 N–H and O–H groups in total. The highest BCUT2D eigenvalue weighted by atomic mass is 15.5. The number of nitrogens with zero attached hydrogens (tertiary/aromatic N) is 4. The average molecular weight is 231 g/mol. The zero-order valence-electron chi connectivity index (χ0n) is 10.2. The molecule has 1 aromatic carbocycles. The predicted molar refractivity (Wildman–Crippen MR) is 67.1 cm³/mol. The van der Waals surface area contributed by atoms with E-state index in [1.54, 1.807) is 0 Å². The predicted octanol–water partition coefficient (Wildman–Crippen LogP) is 1.97. The minimum absolute atomic E-state index is 0.561. The molecule has 0 fully saturated rings. The summed E-state index contributed by atoms with van der Waals surface area (Å²) >= 11 is 0. The molecule has 0 saturated carbocycles. The molecule has 0 radical (unpaired) electrons. The van der Waals surface area contributed by atoms with E-state index in [0.29, 0.717) is 5.92 Å². The Kier molecular flexibility index (Phi) is 3.37. The Hall–Kier alpha value is -1.91. The first-order valence-corrected chi connectivity index (χ1v) is 5.82. The van der Waals surface area contributed by atoms with E-state index in [2.05, 4.69) is 29.4 Å². The van der Waals surface area contributed by atoms with Crippen LogP contribution in [0.2, 0.25) is 0 Å². The maximum Gasteiger partial charge on any atom is 0.182 e. The third kappa shape index (κ3) is 2.61. The summed E-state index contributed by atoms with van der Waals surface area (Å²) in [6, 6.07) is 7.59. The van der Waals surface area contributed by atoms with Crippen LogP contribution in [0.15, 0.2) is 24.3 Å². The Labute approximate surface area is 101 Å². The summed E-state index contributed by atoms with van der Waals surface area (Å²) in [7, 11) is 0. The molecular weight excluding hydrogens is 214 g/mol. The van der Waals surface area contributed by atoms with Crippen LogP contribution in [0.25, 0.3) is 11.4 Å². The topological polar surface area (TPSA) is 69.6 Å². The van der Waals surface area contributed by atoms with Crippen molar-refractivity contribution in [3.63, 3.8) is 0 Å². The van der Waals surface area contributed by atoms with E-state index in [0.717, 1.165) is 30.0 Å². The highest BCUT2D eigenvalue weighted by Gasteiger charge is 2.10. The van der Waals surface area contributed by atoms with Crippen LogP contribution in [0.4, 0.5) is 5.69 Å². The van der Waals surface area contributed by atoms with Crippen LogP contribution in [0.5, 0.6) is 0 Å². The highest BCUT2D eigenvalue weighted by molar-refractivity contribution is 5.58. The molecule has 0 spiro atoms. The van der Waals surface area contributed by atoms with Crippen LogP contribution >= 0.6 is 0 Å². The smallest absolute Gasteiger partial charge is 0.182 e. The normalized spacial score (nSPS) is 12.6. The van der Waals surface area contributed by atoms with E-state index in [1.165, 1.54) is 0 Å². The van der Waals surface area contributed by atoms with Crippen LogP contribution in [0.1, 0.15) is 20.3 Å². The third-order valence-corrected chi connectivity index (χ3v) is 2.88. The van der Waals surface area contributed by atoms with Gasteiger partial charge in [-0.25, -0.2) is 4.68 Å². The van der Waals surface area contributed by atoms with Gasteiger partial charge in [-0.15, -0.1) is 5.10 Å². The van der Waals surface area contributed by atoms with Gasteiger partial charge < -0.3 is 5.73 Å². The van der Waals surface area contributed by atoms with Crippen molar-refractivity contribution in [2.45, 2.75) is 26.8 Å². The minimum atomic E-state index is 0.561. The number of benzene rings is 1. The van der Waals surface area contributed by atoms with Crippen LogP contribution in [-0.2, 0) is 6.54 Å². The van der Waals surface area contributed by atoms with Crippen molar-refractivity contribution in [2.75, 3.05) is 5.73 Å². The molecular formula is C12H17N5. The Morgan fingerprint density at radius 2 is 2.00 bits per heavy atom. The van der Waals surface area contributed by atoms with Crippen molar-refractivity contribution in [2.24, 2.45) is 5.92 Å². The number of nitrogens with two attached hydrogens (primary N) is 1. The Morgan fingerprint density at radius 3 is 2.65 bits per heavy atom. The molecule has 1 atom stereocenters. The molecule has 0 saturated heterocycles. The van der Waals surface area contributed by atoms with E-state index in [1.807, 2.05) is 28.9 Å². The van der Waals surface area contributed by atoms with Crippen molar-refractivity contribution in [1.82, 2.24) is 20.2 Å². The maximum atomic E-state index is 5.66. The van der Waals surface area contributed by atoms with Gasteiger partial charge in [-0.3, -0.25) is 0 Å². The molecule has 0 amide bonds. The summed E-state index contributed by atoms with van der Waals surface area (Å²) in [5.74, 6) is 1.36. The summed E-state index contributed by atoms with van der Waals surface area (Å²) in [5, 5.41) is 11.8. The number of nitrogen functional groups attached to an aromatic ring is 1. The number of rotatable bonds is 4. The van der Waals surface area contributed by atoms with Crippen molar-refractivity contribution in [3.05, 3.63) is 24.3 Å². The molecule has 17 heavy (non-hydrogen) atoms. The van der Waals surface area contributed by atoms with Gasteiger partial charge >= 0.3 is 0 Å². The van der Waals surface area contributed by atoms with Gasteiger partial charge in [0.15, 0.2) is 5.82 Å². The van der Waals surface area contributed by atoms with Crippen LogP contribution in [0, 0.1) is 5.92 Å². The fourth-order valence-corrected chi connectivity index (χ4v) is 1.59. The first-order valence-electron chi connectivity index (χ1n) is 5.82. The van der Waals surface area contributed by atoms with Crippen LogP contribution in [-0.4, -0.2) is 20.2 Å². The lowest BCUT2D eigenvalue weighted by Crippen LogP contribution is -2.09. The summed E-state index contributed by atoms with van der Waals surface area (Å²) < 4.78 is 1.85. The van der Waals surface area contributed by atoms with Crippen molar-refractivity contribution >= 4 is 5.69 Å². The molecule has 0 bridgehead atoms. The first-order chi connectivity index (χ1) is 8.20. The molecule has 2 rings (SSSR count). The summed E-state index contributed by atoms with van der Waals surface area (Å²) in [6.45, 7) is 5.19. The molecule has 1 aromatic heterocycles. The summed E-state index contributed by atoms with van der Waals surface area (Å²) in [6.07, 6.45) is 1.11. The van der Waals surface area contributed by atoms with E-state index in [-0.39, 0.29) is 0 Å². The van der Waals surface area contributed by atoms with Gasteiger partial charge in [-0.1, -0.05) is 20.3 Å². The van der Waals surface area contributed by atoms with Crippen LogP contribution < -0.4 is 5.73 Å². The lowest BCUT2D eigenvalue weighted by Gasteiger charge is -2.09. The van der Waals surface area contributed by atoms with Crippen molar-refractivity contribution < 1.29 is 0 Å². The average Bonchev–Trinajstić information content (AvgIpc) is 2.78. The van der Waals surface area contributed by atoms with Gasteiger partial charge in [-0.2, -0.15) is 0 Å². The molecule has 5 nitrogen and oxygen atoms in total. The zero-order chi connectivity index (χ0) is 12.3.